The molecule has 0 unspecified atom stereocenters. The molecule has 19 heavy (non-hydrogen) atoms. The van der Waals surface area contributed by atoms with Gasteiger partial charge in [-0.15, -0.1) is 16.2 Å². The molecule has 0 amide bonds. The molecule has 1 aromatic carbocycles. The Morgan fingerprint density at radius 1 is 1.47 bits per heavy atom. The van der Waals surface area contributed by atoms with Gasteiger partial charge in [0.1, 0.15) is 5.21 Å². The zero-order valence-corrected chi connectivity index (χ0v) is 10.5. The summed E-state index contributed by atoms with van der Waals surface area (Å²) in [6.07, 6.45) is 0.0549. The maximum Gasteiger partial charge on any atom is 0.341 e. The molecule has 0 fully saturated rings. The van der Waals surface area contributed by atoms with Crippen molar-refractivity contribution in [3.8, 4) is 0 Å². The van der Waals surface area contributed by atoms with Gasteiger partial charge >= 0.3 is 5.91 Å². The van der Waals surface area contributed by atoms with Gasteiger partial charge in [-0.25, -0.2) is 9.78 Å². The number of hydrogen-bond acceptors (Lipinski definition) is 6. The van der Waals surface area contributed by atoms with Gasteiger partial charge in [0.15, 0.2) is 5.13 Å². The Kier molecular flexibility index (Phi) is 2.64. The van der Waals surface area contributed by atoms with Crippen molar-refractivity contribution in [2.45, 2.75) is 6.42 Å². The highest BCUT2D eigenvalue weighted by Gasteiger charge is 2.21. The molecular formula is C11H9N5O2S. The molecule has 2 aromatic heterocycles. The van der Waals surface area contributed by atoms with Crippen molar-refractivity contribution in [1.82, 2.24) is 14.9 Å². The van der Waals surface area contributed by atoms with Crippen LogP contribution in [0.25, 0.3) is 11.0 Å². The first-order chi connectivity index (χ1) is 9.15. The number of nitrogens with zero attached hydrogens (tertiary/aromatic N) is 4. The van der Waals surface area contributed by atoms with Gasteiger partial charge in [-0.05, 0) is 12.1 Å². The van der Waals surface area contributed by atoms with Crippen LogP contribution in [0.3, 0.4) is 0 Å². The van der Waals surface area contributed by atoms with E-state index < -0.39 is 0 Å². The molecule has 7 nitrogen and oxygen atoms in total. The number of para-hydroxylation sites is 2. The lowest BCUT2D eigenvalue weighted by molar-refractivity contribution is -0.645. The monoisotopic (exact) mass is 275 g/mol. The van der Waals surface area contributed by atoms with Crippen LogP contribution in [0.15, 0.2) is 29.6 Å². The molecule has 0 aliphatic rings. The van der Waals surface area contributed by atoms with Crippen molar-refractivity contribution in [3.05, 3.63) is 40.5 Å². The molecule has 2 N–H and O–H groups in total. The average molecular weight is 275 g/mol. The van der Waals surface area contributed by atoms with Crippen LogP contribution in [0, 0.1) is 5.21 Å². The Bertz CT molecular complexity index is 763. The van der Waals surface area contributed by atoms with E-state index in [2.05, 4.69) is 10.2 Å². The SMILES string of the molecule is Nc1nc(CC(=O)n2n[n+]([O-])c3ccccc32)cs1. The molecule has 0 radical (unpaired) electrons. The predicted molar refractivity (Wildman–Crippen MR) is 69.5 cm³/mol. The van der Waals surface area contributed by atoms with E-state index >= 15 is 0 Å². The molecule has 3 aromatic rings. The molecule has 8 heteroatoms. The van der Waals surface area contributed by atoms with Crippen LogP contribution in [0.1, 0.15) is 10.5 Å². The second kappa shape index (κ2) is 4.32. The fraction of sp³-hybridized carbons (Fsp3) is 0.0909. The molecular weight excluding hydrogens is 266 g/mol. The summed E-state index contributed by atoms with van der Waals surface area (Å²) in [7, 11) is 0. The Morgan fingerprint density at radius 3 is 3.00 bits per heavy atom. The van der Waals surface area contributed by atoms with Gasteiger partial charge in [0.05, 0.1) is 12.1 Å². The smallest absolute Gasteiger partial charge is 0.341 e. The Morgan fingerprint density at radius 2 is 2.26 bits per heavy atom. The van der Waals surface area contributed by atoms with Crippen LogP contribution in [-0.2, 0) is 6.42 Å². The Hall–Kier alpha value is -2.48. The number of aromatic nitrogens is 4. The van der Waals surface area contributed by atoms with E-state index in [9.17, 15) is 10.0 Å². The van der Waals surface area contributed by atoms with Crippen molar-refractivity contribution in [2.24, 2.45) is 0 Å². The largest absolute Gasteiger partial charge is 0.691 e. The first kappa shape index (κ1) is 11.6. The topological polar surface area (TPSA) is 101 Å². The van der Waals surface area contributed by atoms with E-state index in [0.717, 1.165) is 4.68 Å². The number of nitrogens with two attached hydrogens (primary N) is 1. The van der Waals surface area contributed by atoms with E-state index in [4.69, 9.17) is 5.73 Å². The van der Waals surface area contributed by atoms with Gasteiger partial charge in [-0.2, -0.15) is 0 Å². The van der Waals surface area contributed by atoms with E-state index in [1.54, 1.807) is 29.6 Å². The van der Waals surface area contributed by atoms with Gasteiger partial charge in [-0.1, -0.05) is 16.8 Å². The standard InChI is InChI=1S/C11H9N5O2S/c12-11-13-7(6-19-11)5-10(17)15-8-3-1-2-4-9(8)16(18)14-15/h1-4,6H,5H2,(H2,12,13). The van der Waals surface area contributed by atoms with Crippen molar-refractivity contribution in [3.63, 3.8) is 0 Å². The second-order valence-electron chi connectivity index (χ2n) is 3.91. The van der Waals surface area contributed by atoms with Crippen LogP contribution >= 0.6 is 11.3 Å². The summed E-state index contributed by atoms with van der Waals surface area (Å²) < 4.78 is 1.10. The van der Waals surface area contributed by atoms with Crippen LogP contribution in [0.5, 0.6) is 0 Å². The summed E-state index contributed by atoms with van der Waals surface area (Å²) in [6, 6.07) is 6.74. The summed E-state index contributed by atoms with van der Waals surface area (Å²) in [5, 5.41) is 17.3. The molecule has 0 saturated heterocycles. The molecule has 2 heterocycles. The third-order valence-electron chi connectivity index (χ3n) is 2.62. The van der Waals surface area contributed by atoms with Gasteiger partial charge in [-0.3, -0.25) is 0 Å². The Labute approximate surface area is 111 Å². The highest BCUT2D eigenvalue weighted by Crippen LogP contribution is 2.13. The number of benzene rings is 1. The van der Waals surface area contributed by atoms with Gasteiger partial charge in [0, 0.05) is 5.38 Å². The fourth-order valence-electron chi connectivity index (χ4n) is 1.80. The number of anilines is 1. The lowest BCUT2D eigenvalue weighted by Gasteiger charge is -1.92. The summed E-state index contributed by atoms with van der Waals surface area (Å²) in [4.78, 5) is 16.6. The summed E-state index contributed by atoms with van der Waals surface area (Å²) in [5.74, 6) is -0.323. The average Bonchev–Trinajstić information content (AvgIpc) is 2.95. The van der Waals surface area contributed by atoms with Crippen molar-refractivity contribution in [2.75, 3.05) is 5.73 Å². The third kappa shape index (κ3) is 2.02. The first-order valence-electron chi connectivity index (χ1n) is 5.46. The number of rotatable bonds is 2. The molecule has 0 spiro atoms. The van der Waals surface area contributed by atoms with E-state index in [1.807, 2.05) is 0 Å². The summed E-state index contributed by atoms with van der Waals surface area (Å²) in [6.45, 7) is 0. The number of carbonyl (C=O) groups is 1. The molecule has 0 aliphatic carbocycles. The number of carbonyl (C=O) groups excluding carboxylic acids is 1. The third-order valence-corrected chi connectivity index (χ3v) is 3.35. The number of fused-ring (bicyclic) bond motifs is 1. The van der Waals surface area contributed by atoms with Crippen LogP contribution < -0.4 is 10.6 Å². The highest BCUT2D eigenvalue weighted by molar-refractivity contribution is 7.13. The maximum absolute atomic E-state index is 12.1. The highest BCUT2D eigenvalue weighted by atomic mass is 32.1. The lowest BCUT2D eigenvalue weighted by Crippen LogP contribution is -2.31. The normalized spacial score (nSPS) is 10.9. The Balaban J connectivity index is 1.98. The number of nitrogen functional groups attached to an aromatic ring is 1. The maximum atomic E-state index is 12.1. The van der Waals surface area contributed by atoms with Crippen LogP contribution in [0.2, 0.25) is 0 Å². The molecule has 0 saturated carbocycles. The minimum atomic E-state index is -0.323. The van der Waals surface area contributed by atoms with E-state index in [-0.39, 0.29) is 12.3 Å². The molecule has 3 rings (SSSR count). The minimum Gasteiger partial charge on any atom is -0.691 e. The van der Waals surface area contributed by atoms with Crippen LogP contribution in [-0.4, -0.2) is 20.8 Å². The van der Waals surface area contributed by atoms with Crippen molar-refractivity contribution >= 4 is 33.4 Å². The zero-order valence-electron chi connectivity index (χ0n) is 9.68. The first-order valence-corrected chi connectivity index (χ1v) is 6.34. The van der Waals surface area contributed by atoms with Crippen LogP contribution in [0.4, 0.5) is 5.13 Å². The van der Waals surface area contributed by atoms with Gasteiger partial charge in [0.2, 0.25) is 11.0 Å². The quantitative estimate of drug-likeness (QED) is 0.545. The summed E-state index contributed by atoms with van der Waals surface area (Å²) in [5.41, 5.74) is 6.91. The molecule has 96 valence electrons. The number of hydrogen-bond donors (Lipinski definition) is 1. The number of thiazole rings is 1. The predicted octanol–water partition coefficient (Wildman–Crippen LogP) is 0.591. The molecule has 0 atom stereocenters. The molecule has 0 aliphatic heterocycles. The van der Waals surface area contributed by atoms with Crippen molar-refractivity contribution < 1.29 is 9.64 Å². The lowest BCUT2D eigenvalue weighted by atomic mass is 10.3. The second-order valence-corrected chi connectivity index (χ2v) is 4.80. The minimum absolute atomic E-state index is 0.0549. The zero-order chi connectivity index (χ0) is 13.4. The van der Waals surface area contributed by atoms with Crippen molar-refractivity contribution in [1.29, 1.82) is 0 Å². The fourth-order valence-corrected chi connectivity index (χ4v) is 2.36. The van der Waals surface area contributed by atoms with E-state index in [1.165, 1.54) is 11.3 Å². The molecule has 0 bridgehead atoms. The van der Waals surface area contributed by atoms with Gasteiger partial charge < -0.3 is 10.9 Å². The van der Waals surface area contributed by atoms with Gasteiger partial charge in [0.25, 0.3) is 0 Å². The van der Waals surface area contributed by atoms with E-state index in [0.29, 0.717) is 26.7 Å². The summed E-state index contributed by atoms with van der Waals surface area (Å²) >= 11 is 1.27.